The Morgan fingerprint density at radius 3 is 2.35 bits per heavy atom. The van der Waals surface area contributed by atoms with Crippen LogP contribution in [0.1, 0.15) is 24.9 Å². The van der Waals surface area contributed by atoms with E-state index in [4.69, 9.17) is 4.74 Å². The summed E-state index contributed by atoms with van der Waals surface area (Å²) in [7, 11) is 0. The van der Waals surface area contributed by atoms with E-state index in [1.165, 1.54) is 25.1 Å². The van der Waals surface area contributed by atoms with Crippen LogP contribution in [0.5, 0.6) is 0 Å². The van der Waals surface area contributed by atoms with Crippen molar-refractivity contribution in [3.63, 3.8) is 0 Å². The molecule has 0 aliphatic rings. The summed E-state index contributed by atoms with van der Waals surface area (Å²) in [6.07, 6.45) is -0.128. The number of benzene rings is 2. The molecular formula is C19H19FN2O4. The van der Waals surface area contributed by atoms with Crippen LogP contribution in [0.15, 0.2) is 54.6 Å². The van der Waals surface area contributed by atoms with E-state index in [1.807, 2.05) is 6.07 Å². The number of para-hydroxylation sites is 1. The molecule has 0 aliphatic carbocycles. The van der Waals surface area contributed by atoms with Crippen LogP contribution in [-0.2, 0) is 19.1 Å². The lowest BCUT2D eigenvalue weighted by atomic mass is 10.0. The summed E-state index contributed by atoms with van der Waals surface area (Å²) >= 11 is 0. The van der Waals surface area contributed by atoms with E-state index in [0.29, 0.717) is 0 Å². The predicted molar refractivity (Wildman–Crippen MR) is 93.6 cm³/mol. The zero-order valence-corrected chi connectivity index (χ0v) is 14.2. The summed E-state index contributed by atoms with van der Waals surface area (Å²) in [6, 6.07) is 14.1. The molecule has 0 aliphatic heterocycles. The second kappa shape index (κ2) is 9.31. The monoisotopic (exact) mass is 358 g/mol. The Morgan fingerprint density at radius 1 is 1.04 bits per heavy atom. The topological polar surface area (TPSA) is 84.5 Å². The third kappa shape index (κ3) is 6.01. The van der Waals surface area contributed by atoms with Gasteiger partial charge in [0.1, 0.15) is 5.82 Å². The largest absolute Gasteiger partial charge is 0.455 e. The van der Waals surface area contributed by atoms with Gasteiger partial charge in [-0.15, -0.1) is 0 Å². The molecule has 2 N–H and O–H groups in total. The molecule has 2 aromatic carbocycles. The van der Waals surface area contributed by atoms with Crippen molar-refractivity contribution >= 4 is 23.5 Å². The maximum Gasteiger partial charge on any atom is 0.308 e. The Morgan fingerprint density at radius 2 is 1.69 bits per heavy atom. The van der Waals surface area contributed by atoms with E-state index in [9.17, 15) is 18.8 Å². The highest BCUT2D eigenvalue weighted by atomic mass is 19.1. The number of amides is 2. The van der Waals surface area contributed by atoms with Crippen molar-refractivity contribution in [2.45, 2.75) is 19.4 Å². The van der Waals surface area contributed by atoms with Gasteiger partial charge in [0.05, 0.1) is 18.2 Å². The van der Waals surface area contributed by atoms with E-state index >= 15 is 0 Å². The first-order valence-corrected chi connectivity index (χ1v) is 7.97. The van der Waals surface area contributed by atoms with E-state index in [1.54, 1.807) is 30.3 Å². The molecule has 2 aromatic rings. The van der Waals surface area contributed by atoms with Crippen molar-refractivity contribution in [1.29, 1.82) is 0 Å². The van der Waals surface area contributed by atoms with Gasteiger partial charge in [0.25, 0.3) is 5.91 Å². The van der Waals surface area contributed by atoms with E-state index < -0.39 is 30.3 Å². The minimum atomic E-state index is -0.656. The maximum absolute atomic E-state index is 13.5. The molecule has 0 saturated heterocycles. The Labute approximate surface area is 150 Å². The number of anilines is 1. The number of esters is 1. The third-order valence-corrected chi connectivity index (χ3v) is 3.46. The van der Waals surface area contributed by atoms with Gasteiger partial charge >= 0.3 is 5.97 Å². The molecule has 6 nitrogen and oxygen atoms in total. The van der Waals surface area contributed by atoms with Crippen LogP contribution in [0.4, 0.5) is 10.1 Å². The highest BCUT2D eigenvalue weighted by molar-refractivity contribution is 5.92. The van der Waals surface area contributed by atoms with E-state index in [0.717, 1.165) is 5.56 Å². The lowest BCUT2D eigenvalue weighted by Gasteiger charge is -2.17. The number of carbonyl (C=O) groups is 3. The molecule has 0 aromatic heterocycles. The first kappa shape index (κ1) is 19.1. The molecule has 0 heterocycles. The molecule has 26 heavy (non-hydrogen) atoms. The fourth-order valence-electron chi connectivity index (χ4n) is 2.30. The van der Waals surface area contributed by atoms with Crippen LogP contribution in [0.3, 0.4) is 0 Å². The zero-order chi connectivity index (χ0) is 18.9. The van der Waals surface area contributed by atoms with Crippen molar-refractivity contribution in [3.05, 3.63) is 66.0 Å². The predicted octanol–water partition coefficient (Wildman–Crippen LogP) is 2.57. The fourth-order valence-corrected chi connectivity index (χ4v) is 2.30. The summed E-state index contributed by atoms with van der Waals surface area (Å²) in [6.45, 7) is 0.803. The number of ether oxygens (including phenoxy) is 1. The van der Waals surface area contributed by atoms with Gasteiger partial charge in [0, 0.05) is 6.92 Å². The van der Waals surface area contributed by atoms with Crippen molar-refractivity contribution in [2.24, 2.45) is 0 Å². The van der Waals surface area contributed by atoms with Gasteiger partial charge in [-0.1, -0.05) is 42.5 Å². The number of carbonyl (C=O) groups excluding carboxylic acids is 3. The van der Waals surface area contributed by atoms with Crippen molar-refractivity contribution in [2.75, 3.05) is 11.9 Å². The number of rotatable bonds is 7. The van der Waals surface area contributed by atoms with Gasteiger partial charge in [0.15, 0.2) is 6.61 Å². The Bertz CT molecular complexity index is 780. The number of hydrogen-bond acceptors (Lipinski definition) is 4. The Kier molecular flexibility index (Phi) is 6.84. The van der Waals surface area contributed by atoms with Crippen molar-refractivity contribution < 1.29 is 23.5 Å². The van der Waals surface area contributed by atoms with E-state index in [-0.39, 0.29) is 18.0 Å². The summed E-state index contributed by atoms with van der Waals surface area (Å²) < 4.78 is 18.4. The third-order valence-electron chi connectivity index (χ3n) is 3.46. The molecular weight excluding hydrogens is 339 g/mol. The van der Waals surface area contributed by atoms with E-state index in [2.05, 4.69) is 10.6 Å². The first-order valence-electron chi connectivity index (χ1n) is 7.97. The molecule has 0 spiro atoms. The first-order chi connectivity index (χ1) is 12.5. The van der Waals surface area contributed by atoms with Crippen LogP contribution in [0.25, 0.3) is 0 Å². The zero-order valence-electron chi connectivity index (χ0n) is 14.2. The SMILES string of the molecule is CC(=O)N[C@H](CC(=O)OCC(=O)Nc1ccccc1F)c1ccccc1. The second-order valence-corrected chi connectivity index (χ2v) is 5.56. The maximum atomic E-state index is 13.5. The van der Waals surface area contributed by atoms with Crippen molar-refractivity contribution in [1.82, 2.24) is 5.32 Å². The Balaban J connectivity index is 1.88. The molecule has 1 atom stereocenters. The number of halogens is 1. The van der Waals surface area contributed by atoms with Crippen LogP contribution in [-0.4, -0.2) is 24.4 Å². The highest BCUT2D eigenvalue weighted by Gasteiger charge is 2.19. The van der Waals surface area contributed by atoms with Gasteiger partial charge in [-0.05, 0) is 17.7 Å². The molecule has 136 valence electrons. The molecule has 0 radical (unpaired) electrons. The second-order valence-electron chi connectivity index (χ2n) is 5.56. The smallest absolute Gasteiger partial charge is 0.308 e. The molecule has 0 bridgehead atoms. The van der Waals surface area contributed by atoms with Gasteiger partial charge < -0.3 is 15.4 Å². The van der Waals surface area contributed by atoms with Crippen molar-refractivity contribution in [3.8, 4) is 0 Å². The quantitative estimate of drug-likeness (QED) is 0.745. The summed E-state index contributed by atoms with van der Waals surface area (Å²) in [4.78, 5) is 35.1. The molecule has 0 unspecified atom stereocenters. The minimum Gasteiger partial charge on any atom is -0.455 e. The lowest BCUT2D eigenvalue weighted by molar-refractivity contribution is -0.148. The summed E-state index contributed by atoms with van der Waals surface area (Å²) in [5.74, 6) is -2.18. The fraction of sp³-hybridized carbons (Fsp3) is 0.211. The van der Waals surface area contributed by atoms with Crippen LogP contribution in [0.2, 0.25) is 0 Å². The molecule has 2 amide bonds. The van der Waals surface area contributed by atoms with Gasteiger partial charge in [0.2, 0.25) is 5.91 Å². The standard InChI is InChI=1S/C19H19FN2O4/c1-13(23)21-17(14-7-3-2-4-8-14)11-19(25)26-12-18(24)22-16-10-6-5-9-15(16)20/h2-10,17H,11-12H2,1H3,(H,21,23)(H,22,24)/t17-/m1/s1. The van der Waals surface area contributed by atoms with Crippen LogP contribution >= 0.6 is 0 Å². The summed E-state index contributed by atoms with van der Waals surface area (Å²) in [5, 5.41) is 4.99. The average molecular weight is 358 g/mol. The Hall–Kier alpha value is -3.22. The summed E-state index contributed by atoms with van der Waals surface area (Å²) in [5.41, 5.74) is 0.754. The van der Waals surface area contributed by atoms with Gasteiger partial charge in [-0.2, -0.15) is 0 Å². The van der Waals surface area contributed by atoms with Crippen LogP contribution < -0.4 is 10.6 Å². The van der Waals surface area contributed by atoms with Gasteiger partial charge in [-0.25, -0.2) is 4.39 Å². The number of hydrogen-bond donors (Lipinski definition) is 2. The number of nitrogens with one attached hydrogen (secondary N) is 2. The molecule has 0 fully saturated rings. The highest BCUT2D eigenvalue weighted by Crippen LogP contribution is 2.17. The minimum absolute atomic E-state index is 0.00829. The molecule has 7 heteroatoms. The van der Waals surface area contributed by atoms with Gasteiger partial charge in [-0.3, -0.25) is 14.4 Å². The lowest BCUT2D eigenvalue weighted by Crippen LogP contribution is -2.29. The normalized spacial score (nSPS) is 11.3. The molecule has 2 rings (SSSR count). The average Bonchev–Trinajstić information content (AvgIpc) is 2.62. The molecule has 0 saturated carbocycles. The van der Waals surface area contributed by atoms with Crippen LogP contribution in [0, 0.1) is 5.82 Å².